The van der Waals surface area contributed by atoms with Crippen LogP contribution in [0.1, 0.15) is 36.0 Å². The Morgan fingerprint density at radius 2 is 1.32 bits per heavy atom. The second-order valence-electron chi connectivity index (χ2n) is 10.4. The van der Waals surface area contributed by atoms with Crippen molar-refractivity contribution in [1.82, 2.24) is 5.32 Å². The summed E-state index contributed by atoms with van der Waals surface area (Å²) in [6, 6.07) is 31.2. The molecule has 0 atom stereocenters. The molecule has 0 aromatic heterocycles. The Morgan fingerprint density at radius 3 is 2.00 bits per heavy atom. The highest BCUT2D eigenvalue weighted by Crippen LogP contribution is 2.40. The van der Waals surface area contributed by atoms with Gasteiger partial charge in [-0.1, -0.05) is 90.3 Å². The summed E-state index contributed by atoms with van der Waals surface area (Å²) in [4.78, 5) is 25.5. The lowest BCUT2D eigenvalue weighted by atomic mass is 9.94. The second-order valence-corrected chi connectivity index (χ2v) is 11.3. The molecule has 0 saturated carbocycles. The number of phenolic OH excluding ortho intramolecular Hbond substituents is 1. The number of amides is 2. The van der Waals surface area contributed by atoms with Crippen molar-refractivity contribution in [2.75, 3.05) is 18.5 Å². The molecule has 0 fully saturated rings. The summed E-state index contributed by atoms with van der Waals surface area (Å²) >= 11 is 12.4. The van der Waals surface area contributed by atoms with Gasteiger partial charge >= 0.3 is 6.09 Å². The summed E-state index contributed by atoms with van der Waals surface area (Å²) in [5, 5.41) is 20.1. The van der Waals surface area contributed by atoms with E-state index >= 15 is 0 Å². The van der Waals surface area contributed by atoms with Crippen molar-refractivity contribution >= 4 is 51.7 Å². The normalized spacial score (nSPS) is 10.9. The van der Waals surface area contributed by atoms with Gasteiger partial charge in [0.05, 0.1) is 12.3 Å². The minimum atomic E-state index is -0.475. The molecule has 0 aliphatic rings. The molecule has 224 valence electrons. The van der Waals surface area contributed by atoms with Crippen LogP contribution in [0.2, 0.25) is 10.0 Å². The van der Waals surface area contributed by atoms with Crippen molar-refractivity contribution in [1.29, 1.82) is 0 Å². The molecule has 44 heavy (non-hydrogen) atoms. The Bertz CT molecular complexity index is 1720. The minimum Gasteiger partial charge on any atom is -0.507 e. The van der Waals surface area contributed by atoms with Gasteiger partial charge in [-0.2, -0.15) is 0 Å². The molecule has 0 aliphatic heterocycles. The standard InChI is InChI=1S/C36H32Cl2N2O4/c37-28-14-7-12-25(20-28)31-22-27(23-32(34(31)41)26-13-8-15-29(38)21-26)35(42)39-18-5-1-2-6-19-44-36(43)40-33-17-9-11-24-10-3-4-16-30(24)33/h3-4,7-17,20-23,41H,1-2,5-6,18-19H2,(H,39,42)(H,40,43). The highest BCUT2D eigenvalue weighted by atomic mass is 35.5. The molecule has 0 heterocycles. The second kappa shape index (κ2) is 14.8. The molecule has 5 aromatic carbocycles. The van der Waals surface area contributed by atoms with Gasteiger partial charge in [-0.05, 0) is 78.2 Å². The summed E-state index contributed by atoms with van der Waals surface area (Å²) < 4.78 is 5.36. The first-order valence-electron chi connectivity index (χ1n) is 14.5. The average Bonchev–Trinajstić information content (AvgIpc) is 3.02. The first kappa shape index (κ1) is 30.9. The van der Waals surface area contributed by atoms with E-state index in [4.69, 9.17) is 27.9 Å². The van der Waals surface area contributed by atoms with Gasteiger partial charge in [0, 0.05) is 38.7 Å². The third-order valence-corrected chi connectivity index (χ3v) is 7.73. The molecule has 0 saturated heterocycles. The summed E-state index contributed by atoms with van der Waals surface area (Å²) in [6.07, 6.45) is 2.74. The molecule has 5 aromatic rings. The predicted octanol–water partition coefficient (Wildman–Crippen LogP) is 9.73. The van der Waals surface area contributed by atoms with E-state index in [2.05, 4.69) is 10.6 Å². The summed E-state index contributed by atoms with van der Waals surface area (Å²) in [7, 11) is 0. The molecule has 0 bridgehead atoms. The number of fused-ring (bicyclic) bond motifs is 1. The smallest absolute Gasteiger partial charge is 0.411 e. The molecule has 0 aliphatic carbocycles. The van der Waals surface area contributed by atoms with E-state index in [9.17, 15) is 14.7 Å². The molecule has 0 spiro atoms. The van der Waals surface area contributed by atoms with Gasteiger partial charge in [0.1, 0.15) is 5.75 Å². The van der Waals surface area contributed by atoms with Crippen LogP contribution in [0, 0.1) is 0 Å². The van der Waals surface area contributed by atoms with Crippen LogP contribution in [0.3, 0.4) is 0 Å². The Morgan fingerprint density at radius 1 is 0.705 bits per heavy atom. The summed E-state index contributed by atoms with van der Waals surface area (Å²) in [5.41, 5.74) is 3.52. The minimum absolute atomic E-state index is 0.0408. The molecule has 0 radical (unpaired) electrons. The number of carbonyl (C=O) groups excluding carboxylic acids is 2. The largest absolute Gasteiger partial charge is 0.507 e. The number of nitrogens with one attached hydrogen (secondary N) is 2. The summed E-state index contributed by atoms with van der Waals surface area (Å²) in [5.74, 6) is -0.205. The first-order chi connectivity index (χ1) is 21.4. The number of benzene rings is 5. The Kier molecular flexibility index (Phi) is 10.4. The topological polar surface area (TPSA) is 87.7 Å². The van der Waals surface area contributed by atoms with Gasteiger partial charge in [-0.3, -0.25) is 10.1 Å². The molecule has 3 N–H and O–H groups in total. The van der Waals surface area contributed by atoms with Crippen molar-refractivity contribution in [3.63, 3.8) is 0 Å². The van der Waals surface area contributed by atoms with E-state index in [0.29, 0.717) is 51.0 Å². The fraction of sp³-hybridized carbons (Fsp3) is 0.167. The molecule has 8 heteroatoms. The number of hydrogen-bond acceptors (Lipinski definition) is 4. The van der Waals surface area contributed by atoms with Gasteiger partial charge in [0.15, 0.2) is 0 Å². The number of halogens is 2. The maximum atomic E-state index is 13.2. The van der Waals surface area contributed by atoms with Crippen LogP contribution in [-0.4, -0.2) is 30.3 Å². The number of ether oxygens (including phenoxy) is 1. The highest BCUT2D eigenvalue weighted by molar-refractivity contribution is 6.31. The fourth-order valence-electron chi connectivity index (χ4n) is 5.05. The number of rotatable bonds is 11. The third kappa shape index (κ3) is 7.90. The molecular formula is C36H32Cl2N2O4. The molecular weight excluding hydrogens is 595 g/mol. The predicted molar refractivity (Wildman–Crippen MR) is 179 cm³/mol. The number of carbonyl (C=O) groups is 2. The Labute approximate surface area is 266 Å². The number of aromatic hydroxyl groups is 1. The Hall–Kier alpha value is -4.52. The van der Waals surface area contributed by atoms with E-state index in [1.807, 2.05) is 54.6 Å². The van der Waals surface area contributed by atoms with Crippen LogP contribution in [0.15, 0.2) is 103 Å². The van der Waals surface area contributed by atoms with Crippen molar-refractivity contribution < 1.29 is 19.4 Å². The van der Waals surface area contributed by atoms with E-state index in [1.165, 1.54) is 0 Å². The van der Waals surface area contributed by atoms with Crippen molar-refractivity contribution in [2.24, 2.45) is 0 Å². The van der Waals surface area contributed by atoms with Crippen LogP contribution in [-0.2, 0) is 4.74 Å². The van der Waals surface area contributed by atoms with Crippen LogP contribution in [0.4, 0.5) is 10.5 Å². The Balaban J connectivity index is 1.11. The van der Waals surface area contributed by atoms with Crippen molar-refractivity contribution in [3.05, 3.63) is 119 Å². The van der Waals surface area contributed by atoms with E-state index in [-0.39, 0.29) is 11.7 Å². The average molecular weight is 628 g/mol. The number of phenols is 1. The van der Waals surface area contributed by atoms with E-state index in [1.54, 1.807) is 48.5 Å². The lowest BCUT2D eigenvalue weighted by Crippen LogP contribution is -2.24. The van der Waals surface area contributed by atoms with Crippen molar-refractivity contribution in [3.8, 4) is 28.0 Å². The van der Waals surface area contributed by atoms with Crippen LogP contribution in [0.25, 0.3) is 33.0 Å². The fourth-order valence-corrected chi connectivity index (χ4v) is 5.43. The lowest BCUT2D eigenvalue weighted by Gasteiger charge is -2.14. The van der Waals surface area contributed by atoms with Crippen molar-refractivity contribution in [2.45, 2.75) is 25.7 Å². The van der Waals surface area contributed by atoms with Gasteiger partial charge < -0.3 is 15.2 Å². The maximum Gasteiger partial charge on any atom is 0.411 e. The van der Waals surface area contributed by atoms with Crippen LogP contribution in [0.5, 0.6) is 5.75 Å². The van der Waals surface area contributed by atoms with Crippen LogP contribution >= 0.6 is 23.2 Å². The monoisotopic (exact) mass is 626 g/mol. The SMILES string of the molecule is O=C(Nc1cccc2ccccc12)OCCCCCCNC(=O)c1cc(-c2cccc(Cl)c2)c(O)c(-c2cccc(Cl)c2)c1. The lowest BCUT2D eigenvalue weighted by molar-refractivity contribution is 0.0952. The third-order valence-electron chi connectivity index (χ3n) is 7.26. The van der Waals surface area contributed by atoms with E-state index < -0.39 is 6.09 Å². The first-order valence-corrected chi connectivity index (χ1v) is 15.2. The maximum absolute atomic E-state index is 13.2. The molecule has 6 nitrogen and oxygen atoms in total. The van der Waals surface area contributed by atoms with Crippen LogP contribution < -0.4 is 10.6 Å². The summed E-state index contributed by atoms with van der Waals surface area (Å²) in [6.45, 7) is 0.802. The quantitative estimate of drug-likeness (QED) is 0.127. The van der Waals surface area contributed by atoms with Gasteiger partial charge in [0.25, 0.3) is 5.91 Å². The van der Waals surface area contributed by atoms with E-state index in [0.717, 1.165) is 42.1 Å². The zero-order valence-electron chi connectivity index (χ0n) is 24.0. The zero-order chi connectivity index (χ0) is 30.9. The number of unbranched alkanes of at least 4 members (excludes halogenated alkanes) is 3. The molecule has 2 amide bonds. The van der Waals surface area contributed by atoms with Gasteiger partial charge in [-0.25, -0.2) is 4.79 Å². The number of hydrogen-bond donors (Lipinski definition) is 3. The highest BCUT2D eigenvalue weighted by Gasteiger charge is 2.17. The van der Waals surface area contributed by atoms with Gasteiger partial charge in [-0.15, -0.1) is 0 Å². The molecule has 0 unspecified atom stereocenters. The van der Waals surface area contributed by atoms with Gasteiger partial charge in [0.2, 0.25) is 0 Å². The molecule has 5 rings (SSSR count). The zero-order valence-corrected chi connectivity index (χ0v) is 25.5. The number of anilines is 1.